The number of benzene rings is 1. The molecule has 1 atom stereocenters. The molecule has 0 aromatic heterocycles. The van der Waals surface area contributed by atoms with E-state index in [-0.39, 0.29) is 6.04 Å². The minimum Gasteiger partial charge on any atom is -0.308 e. The lowest BCUT2D eigenvalue weighted by atomic mass is 10.0. The van der Waals surface area contributed by atoms with E-state index < -0.39 is 11.6 Å². The van der Waals surface area contributed by atoms with E-state index in [4.69, 9.17) is 0 Å². The molecule has 0 bridgehead atoms. The van der Waals surface area contributed by atoms with Gasteiger partial charge in [-0.25, -0.2) is 8.78 Å². The number of hydrogen-bond donors (Lipinski definition) is 1. The lowest BCUT2D eigenvalue weighted by molar-refractivity contribution is 0.287. The highest BCUT2D eigenvalue weighted by molar-refractivity contribution is 5.18. The second-order valence-corrected chi connectivity index (χ2v) is 5.21. The van der Waals surface area contributed by atoms with Crippen molar-refractivity contribution in [3.8, 4) is 0 Å². The Morgan fingerprint density at radius 3 is 2.44 bits per heavy atom. The Hall–Kier alpha value is -1.00. The molecular weight excluding hydrogens is 234 g/mol. The van der Waals surface area contributed by atoms with Crippen LogP contribution in [0.5, 0.6) is 0 Å². The smallest absolute Gasteiger partial charge is 0.163 e. The summed E-state index contributed by atoms with van der Waals surface area (Å²) in [6.45, 7) is 5.45. The normalized spacial score (nSPS) is 13.3. The highest BCUT2D eigenvalue weighted by Crippen LogP contribution is 2.12. The van der Waals surface area contributed by atoms with Crippen molar-refractivity contribution in [2.24, 2.45) is 5.92 Å². The molecular formula is C14H22F2N2. The Morgan fingerprint density at radius 2 is 1.89 bits per heavy atom. The van der Waals surface area contributed by atoms with Gasteiger partial charge in [-0.3, -0.25) is 0 Å². The number of halogens is 2. The van der Waals surface area contributed by atoms with Crippen molar-refractivity contribution in [3.05, 3.63) is 35.4 Å². The Morgan fingerprint density at radius 1 is 1.22 bits per heavy atom. The highest BCUT2D eigenvalue weighted by atomic mass is 19.2. The molecule has 0 aliphatic heterocycles. The minimum atomic E-state index is -0.789. The van der Waals surface area contributed by atoms with Crippen molar-refractivity contribution in [2.75, 3.05) is 20.6 Å². The summed E-state index contributed by atoms with van der Waals surface area (Å²) in [6, 6.07) is 4.53. The first kappa shape index (κ1) is 15.1. The van der Waals surface area contributed by atoms with Gasteiger partial charge in [-0.15, -0.1) is 0 Å². The van der Waals surface area contributed by atoms with Crippen LogP contribution in [0.15, 0.2) is 18.2 Å². The van der Waals surface area contributed by atoms with Crippen LogP contribution in [0, 0.1) is 17.6 Å². The van der Waals surface area contributed by atoms with Crippen LogP contribution < -0.4 is 5.32 Å². The number of hydrogen-bond acceptors (Lipinski definition) is 2. The predicted octanol–water partition coefficient (Wildman–Crippen LogP) is 2.64. The summed E-state index contributed by atoms with van der Waals surface area (Å²) in [5.74, 6) is -1.11. The molecule has 0 spiro atoms. The van der Waals surface area contributed by atoms with Gasteiger partial charge in [0, 0.05) is 24.7 Å². The van der Waals surface area contributed by atoms with Gasteiger partial charge in [0.15, 0.2) is 11.6 Å². The van der Waals surface area contributed by atoms with Crippen LogP contribution in [0.25, 0.3) is 0 Å². The van der Waals surface area contributed by atoms with Crippen molar-refractivity contribution in [1.29, 1.82) is 0 Å². The zero-order valence-corrected chi connectivity index (χ0v) is 11.5. The van der Waals surface area contributed by atoms with E-state index >= 15 is 0 Å². The Kier molecular flexibility index (Phi) is 5.69. The van der Waals surface area contributed by atoms with Gasteiger partial charge >= 0.3 is 0 Å². The number of nitrogens with zero attached hydrogens (tertiary/aromatic N) is 1. The SMILES string of the molecule is CC(C)C(CN(C)C)NCc1cccc(F)c1F. The van der Waals surface area contributed by atoms with E-state index in [0.717, 1.165) is 12.6 Å². The van der Waals surface area contributed by atoms with Gasteiger partial charge in [0.25, 0.3) is 0 Å². The Labute approximate surface area is 108 Å². The fourth-order valence-electron chi connectivity index (χ4n) is 1.83. The number of likely N-dealkylation sites (N-methyl/N-ethyl adjacent to an activating group) is 1. The molecule has 0 fully saturated rings. The standard InChI is InChI=1S/C14H22F2N2/c1-10(2)13(9-18(3)4)17-8-11-6-5-7-12(15)14(11)16/h5-7,10,13,17H,8-9H2,1-4H3. The molecule has 1 aromatic rings. The maximum absolute atomic E-state index is 13.5. The second kappa shape index (κ2) is 6.81. The average molecular weight is 256 g/mol. The molecule has 2 nitrogen and oxygen atoms in total. The van der Waals surface area contributed by atoms with E-state index in [9.17, 15) is 8.78 Å². The molecule has 0 aliphatic carbocycles. The van der Waals surface area contributed by atoms with Crippen LogP contribution in [0.3, 0.4) is 0 Å². The number of nitrogens with one attached hydrogen (secondary N) is 1. The summed E-state index contributed by atoms with van der Waals surface area (Å²) in [5.41, 5.74) is 0.374. The summed E-state index contributed by atoms with van der Waals surface area (Å²) in [4.78, 5) is 2.08. The van der Waals surface area contributed by atoms with E-state index in [1.807, 2.05) is 14.1 Å². The van der Waals surface area contributed by atoms with Gasteiger partial charge in [0.1, 0.15) is 0 Å². The first-order valence-corrected chi connectivity index (χ1v) is 6.22. The minimum absolute atomic E-state index is 0.252. The van der Waals surface area contributed by atoms with Crippen LogP contribution in [-0.4, -0.2) is 31.6 Å². The summed E-state index contributed by atoms with van der Waals surface area (Å²) in [7, 11) is 4.00. The van der Waals surface area contributed by atoms with E-state index in [1.165, 1.54) is 6.07 Å². The maximum atomic E-state index is 13.5. The molecule has 18 heavy (non-hydrogen) atoms. The summed E-state index contributed by atoms with van der Waals surface area (Å²) in [6.07, 6.45) is 0. The monoisotopic (exact) mass is 256 g/mol. The molecule has 0 heterocycles. The maximum Gasteiger partial charge on any atom is 0.163 e. The van der Waals surface area contributed by atoms with Crippen molar-refractivity contribution < 1.29 is 8.78 Å². The lowest BCUT2D eigenvalue weighted by Crippen LogP contribution is -2.41. The van der Waals surface area contributed by atoms with Gasteiger partial charge < -0.3 is 10.2 Å². The largest absolute Gasteiger partial charge is 0.308 e. The first-order chi connectivity index (χ1) is 8.41. The molecule has 0 amide bonds. The van der Waals surface area contributed by atoms with Crippen LogP contribution in [0.4, 0.5) is 8.78 Å². The zero-order valence-electron chi connectivity index (χ0n) is 11.5. The molecule has 1 rings (SSSR count). The van der Waals surface area contributed by atoms with Gasteiger partial charge in [-0.2, -0.15) is 0 Å². The van der Waals surface area contributed by atoms with Crippen molar-refractivity contribution >= 4 is 0 Å². The molecule has 1 unspecified atom stereocenters. The summed E-state index contributed by atoms with van der Waals surface area (Å²) in [5, 5.41) is 3.29. The van der Waals surface area contributed by atoms with Crippen molar-refractivity contribution in [3.63, 3.8) is 0 Å². The topological polar surface area (TPSA) is 15.3 Å². The Balaban J connectivity index is 2.64. The van der Waals surface area contributed by atoms with Crippen molar-refractivity contribution in [2.45, 2.75) is 26.4 Å². The molecule has 0 saturated heterocycles. The average Bonchev–Trinajstić information content (AvgIpc) is 2.28. The van der Waals surface area contributed by atoms with Gasteiger partial charge in [0.2, 0.25) is 0 Å². The third-order valence-corrected chi connectivity index (χ3v) is 2.95. The van der Waals surface area contributed by atoms with E-state index in [1.54, 1.807) is 6.07 Å². The van der Waals surface area contributed by atoms with Crippen molar-refractivity contribution in [1.82, 2.24) is 10.2 Å². The molecule has 1 N–H and O–H groups in total. The quantitative estimate of drug-likeness (QED) is 0.841. The molecule has 102 valence electrons. The lowest BCUT2D eigenvalue weighted by Gasteiger charge is -2.25. The fraction of sp³-hybridized carbons (Fsp3) is 0.571. The van der Waals surface area contributed by atoms with Gasteiger partial charge in [0.05, 0.1) is 0 Å². The van der Waals surface area contributed by atoms with E-state index in [0.29, 0.717) is 18.0 Å². The molecule has 0 aliphatic rings. The van der Waals surface area contributed by atoms with Crippen LogP contribution in [0.1, 0.15) is 19.4 Å². The highest BCUT2D eigenvalue weighted by Gasteiger charge is 2.15. The van der Waals surface area contributed by atoms with Crippen LogP contribution in [-0.2, 0) is 6.54 Å². The summed E-state index contributed by atoms with van der Waals surface area (Å²) >= 11 is 0. The van der Waals surface area contributed by atoms with Gasteiger partial charge in [-0.1, -0.05) is 26.0 Å². The molecule has 0 radical (unpaired) electrons. The fourth-order valence-corrected chi connectivity index (χ4v) is 1.83. The zero-order chi connectivity index (χ0) is 13.7. The molecule has 0 saturated carbocycles. The van der Waals surface area contributed by atoms with E-state index in [2.05, 4.69) is 24.1 Å². The molecule has 1 aromatic carbocycles. The summed E-state index contributed by atoms with van der Waals surface area (Å²) < 4.78 is 26.6. The molecule has 4 heteroatoms. The van der Waals surface area contributed by atoms with Crippen LogP contribution >= 0.6 is 0 Å². The van der Waals surface area contributed by atoms with Crippen LogP contribution in [0.2, 0.25) is 0 Å². The second-order valence-electron chi connectivity index (χ2n) is 5.21. The Bertz CT molecular complexity index is 378. The predicted molar refractivity (Wildman–Crippen MR) is 70.4 cm³/mol. The third kappa shape index (κ3) is 4.35. The third-order valence-electron chi connectivity index (χ3n) is 2.95. The number of rotatable bonds is 6. The first-order valence-electron chi connectivity index (χ1n) is 6.22. The van der Waals surface area contributed by atoms with Gasteiger partial charge in [-0.05, 0) is 26.1 Å².